The molecule has 150 valence electrons. The molecule has 0 bridgehead atoms. The first-order valence-electron chi connectivity index (χ1n) is 9.80. The Labute approximate surface area is 175 Å². The van der Waals surface area contributed by atoms with Gasteiger partial charge in [0.25, 0.3) is 11.8 Å². The maximum atomic E-state index is 12.6. The van der Waals surface area contributed by atoms with Gasteiger partial charge in [0.05, 0.1) is 5.69 Å². The number of nitrogens with one attached hydrogen (secondary N) is 1. The van der Waals surface area contributed by atoms with Gasteiger partial charge in [-0.05, 0) is 47.9 Å². The van der Waals surface area contributed by atoms with Crippen molar-refractivity contribution in [3.05, 3.63) is 101 Å². The summed E-state index contributed by atoms with van der Waals surface area (Å²) in [7, 11) is 1.72. The number of amides is 2. The maximum Gasteiger partial charge on any atom is 0.293 e. The molecule has 30 heavy (non-hydrogen) atoms. The zero-order valence-electron chi connectivity index (χ0n) is 16.7. The summed E-state index contributed by atoms with van der Waals surface area (Å²) < 4.78 is 5.78. The Balaban J connectivity index is 1.41. The van der Waals surface area contributed by atoms with E-state index >= 15 is 0 Å². The number of rotatable bonds is 5. The number of benzene rings is 3. The number of nitrogens with zero attached hydrogens (tertiary/aromatic N) is 1. The average Bonchev–Trinajstić information content (AvgIpc) is 2.78. The summed E-state index contributed by atoms with van der Waals surface area (Å²) in [5.41, 5.74) is 3.28. The van der Waals surface area contributed by atoms with E-state index in [0.29, 0.717) is 17.9 Å². The van der Waals surface area contributed by atoms with Crippen molar-refractivity contribution in [2.75, 3.05) is 18.5 Å². The van der Waals surface area contributed by atoms with Crippen LogP contribution in [0.2, 0.25) is 0 Å². The second kappa shape index (κ2) is 8.66. The third-order valence-corrected chi connectivity index (χ3v) is 4.97. The van der Waals surface area contributed by atoms with Crippen molar-refractivity contribution in [1.29, 1.82) is 0 Å². The van der Waals surface area contributed by atoms with Crippen LogP contribution in [0.1, 0.15) is 21.5 Å². The molecule has 3 aromatic carbocycles. The van der Waals surface area contributed by atoms with Crippen LogP contribution >= 0.6 is 0 Å². The molecular weight excluding hydrogens is 376 g/mol. The molecule has 1 heterocycles. The summed E-state index contributed by atoms with van der Waals surface area (Å²) in [4.78, 5) is 26.5. The van der Waals surface area contributed by atoms with Gasteiger partial charge in [-0.1, -0.05) is 54.6 Å². The van der Waals surface area contributed by atoms with Crippen LogP contribution in [0.5, 0.6) is 5.75 Å². The Bertz CT molecular complexity index is 1090. The summed E-state index contributed by atoms with van der Waals surface area (Å²) in [5.74, 6) is 0.553. The number of anilines is 1. The molecule has 0 aromatic heterocycles. The number of carbonyl (C=O) groups excluding carboxylic acids is 2. The van der Waals surface area contributed by atoms with E-state index in [1.807, 2.05) is 54.6 Å². The largest absolute Gasteiger partial charge is 0.449 e. The van der Waals surface area contributed by atoms with E-state index in [-0.39, 0.29) is 17.6 Å². The first kappa shape index (κ1) is 19.5. The fourth-order valence-electron chi connectivity index (χ4n) is 3.30. The van der Waals surface area contributed by atoms with Crippen LogP contribution in [0.25, 0.3) is 6.08 Å². The van der Waals surface area contributed by atoms with Gasteiger partial charge in [-0.3, -0.25) is 9.59 Å². The van der Waals surface area contributed by atoms with Gasteiger partial charge in [0, 0.05) is 19.2 Å². The molecule has 2 amide bonds. The van der Waals surface area contributed by atoms with E-state index < -0.39 is 0 Å². The van der Waals surface area contributed by atoms with Crippen LogP contribution in [0.3, 0.4) is 0 Å². The lowest BCUT2D eigenvalue weighted by Crippen LogP contribution is -2.33. The highest BCUT2D eigenvalue weighted by Gasteiger charge is 2.27. The van der Waals surface area contributed by atoms with E-state index in [2.05, 4.69) is 5.32 Å². The summed E-state index contributed by atoms with van der Waals surface area (Å²) in [5, 5.41) is 2.93. The van der Waals surface area contributed by atoms with Crippen molar-refractivity contribution in [3.8, 4) is 5.75 Å². The van der Waals surface area contributed by atoms with Crippen molar-refractivity contribution < 1.29 is 14.3 Å². The lowest BCUT2D eigenvalue weighted by molar-refractivity contribution is -0.117. The second-order valence-electron chi connectivity index (χ2n) is 7.06. The fraction of sp³-hybridized carbons (Fsp3) is 0.120. The molecule has 0 radical (unpaired) electrons. The second-order valence-corrected chi connectivity index (χ2v) is 7.06. The predicted molar refractivity (Wildman–Crippen MR) is 117 cm³/mol. The molecule has 0 unspecified atom stereocenters. The Morgan fingerprint density at radius 2 is 1.67 bits per heavy atom. The van der Waals surface area contributed by atoms with E-state index in [1.54, 1.807) is 42.3 Å². The molecule has 1 aliphatic rings. The van der Waals surface area contributed by atoms with E-state index in [9.17, 15) is 9.59 Å². The van der Waals surface area contributed by atoms with Crippen LogP contribution in [0, 0.1) is 0 Å². The first-order chi connectivity index (χ1) is 14.6. The van der Waals surface area contributed by atoms with Crippen molar-refractivity contribution in [2.24, 2.45) is 0 Å². The zero-order chi connectivity index (χ0) is 20.9. The van der Waals surface area contributed by atoms with Gasteiger partial charge in [-0.15, -0.1) is 0 Å². The van der Waals surface area contributed by atoms with Gasteiger partial charge in [-0.25, -0.2) is 0 Å². The monoisotopic (exact) mass is 398 g/mol. The summed E-state index contributed by atoms with van der Waals surface area (Å²) >= 11 is 0. The molecule has 0 aliphatic carbocycles. The zero-order valence-corrected chi connectivity index (χ0v) is 16.7. The van der Waals surface area contributed by atoms with Crippen molar-refractivity contribution in [1.82, 2.24) is 5.32 Å². The van der Waals surface area contributed by atoms with Crippen LogP contribution in [0.15, 0.2) is 84.6 Å². The first-order valence-corrected chi connectivity index (χ1v) is 9.80. The fourth-order valence-corrected chi connectivity index (χ4v) is 3.30. The Hall–Kier alpha value is -3.86. The van der Waals surface area contributed by atoms with Gasteiger partial charge < -0.3 is 15.0 Å². The van der Waals surface area contributed by atoms with Gasteiger partial charge in [-0.2, -0.15) is 0 Å². The standard InChI is InChI=1S/C25H22N2O3/c1-27-21-9-5-6-10-22(21)30-23(25(27)29)17-19-11-13-20(14-12-19)24(28)26-16-15-18-7-3-2-4-8-18/h2-14,17H,15-16H2,1H3,(H,26,28)/b23-17-. The Kier molecular flexibility index (Phi) is 5.61. The number of likely N-dealkylation sites (N-methyl/N-ethyl adjacent to an activating group) is 1. The lowest BCUT2D eigenvalue weighted by Gasteiger charge is -2.27. The minimum atomic E-state index is -0.212. The molecule has 3 aromatic rings. The predicted octanol–water partition coefficient (Wildman–Crippen LogP) is 4.06. The molecule has 0 atom stereocenters. The quantitative estimate of drug-likeness (QED) is 0.660. The van der Waals surface area contributed by atoms with Crippen LogP contribution in [-0.4, -0.2) is 25.4 Å². The number of carbonyl (C=O) groups is 2. The number of hydrogen-bond acceptors (Lipinski definition) is 3. The minimum absolute atomic E-state index is 0.121. The van der Waals surface area contributed by atoms with Crippen LogP contribution in [0.4, 0.5) is 5.69 Å². The third kappa shape index (κ3) is 4.25. The molecule has 1 aliphatic heterocycles. The summed E-state index contributed by atoms with van der Waals surface area (Å²) in [6.45, 7) is 0.572. The summed E-state index contributed by atoms with van der Waals surface area (Å²) in [6, 6.07) is 24.5. The van der Waals surface area contributed by atoms with Crippen LogP contribution in [-0.2, 0) is 11.2 Å². The van der Waals surface area contributed by atoms with Gasteiger partial charge in [0.15, 0.2) is 11.5 Å². The van der Waals surface area contributed by atoms with E-state index in [0.717, 1.165) is 17.7 Å². The highest BCUT2D eigenvalue weighted by Crippen LogP contribution is 2.34. The Morgan fingerprint density at radius 1 is 0.967 bits per heavy atom. The van der Waals surface area contributed by atoms with Crippen LogP contribution < -0.4 is 15.0 Å². The number of para-hydroxylation sites is 2. The highest BCUT2D eigenvalue weighted by molar-refractivity contribution is 6.09. The van der Waals surface area contributed by atoms with Crippen molar-refractivity contribution in [3.63, 3.8) is 0 Å². The molecular formula is C25H22N2O3. The molecule has 0 saturated heterocycles. The number of ether oxygens (including phenoxy) is 1. The van der Waals surface area contributed by atoms with Gasteiger partial charge in [0.2, 0.25) is 0 Å². The topological polar surface area (TPSA) is 58.6 Å². The molecule has 5 heteroatoms. The van der Waals surface area contributed by atoms with E-state index in [4.69, 9.17) is 4.74 Å². The smallest absolute Gasteiger partial charge is 0.293 e. The lowest BCUT2D eigenvalue weighted by atomic mass is 10.1. The van der Waals surface area contributed by atoms with Crippen molar-refractivity contribution >= 4 is 23.6 Å². The SMILES string of the molecule is CN1C(=O)/C(=C/c2ccc(C(=O)NCCc3ccccc3)cc2)Oc2ccccc21. The van der Waals surface area contributed by atoms with Gasteiger partial charge in [0.1, 0.15) is 0 Å². The third-order valence-electron chi connectivity index (χ3n) is 4.97. The molecule has 0 fully saturated rings. The molecule has 0 saturated carbocycles. The molecule has 4 rings (SSSR count). The molecule has 5 nitrogen and oxygen atoms in total. The van der Waals surface area contributed by atoms with E-state index in [1.165, 1.54) is 5.56 Å². The average molecular weight is 398 g/mol. The molecule has 0 spiro atoms. The molecule has 1 N–H and O–H groups in total. The Morgan fingerprint density at radius 3 is 2.43 bits per heavy atom. The highest BCUT2D eigenvalue weighted by atomic mass is 16.5. The van der Waals surface area contributed by atoms with Gasteiger partial charge >= 0.3 is 0 Å². The normalized spacial score (nSPS) is 14.2. The number of hydrogen-bond donors (Lipinski definition) is 1. The minimum Gasteiger partial charge on any atom is -0.449 e. The summed E-state index contributed by atoms with van der Waals surface area (Å²) in [6.07, 6.45) is 2.47. The number of fused-ring (bicyclic) bond motifs is 1. The van der Waals surface area contributed by atoms with Crippen molar-refractivity contribution in [2.45, 2.75) is 6.42 Å². The maximum absolute atomic E-state index is 12.6.